The summed E-state index contributed by atoms with van der Waals surface area (Å²) in [5, 5.41) is 0. The molecule has 2 rings (SSSR count). The molecule has 0 unspecified atom stereocenters. The van der Waals surface area contributed by atoms with Crippen molar-refractivity contribution >= 4 is 5.69 Å². The maximum absolute atomic E-state index is 5.63. The highest BCUT2D eigenvalue weighted by Crippen LogP contribution is 2.33. The SMILES string of the molecule is CCCN(CCC1CC1)c1ccc(CN)cc1. The Morgan fingerprint density at radius 3 is 2.41 bits per heavy atom. The summed E-state index contributed by atoms with van der Waals surface area (Å²) in [5.41, 5.74) is 8.19. The van der Waals surface area contributed by atoms with E-state index < -0.39 is 0 Å². The first-order valence-electron chi connectivity index (χ1n) is 6.87. The molecule has 0 spiro atoms. The molecule has 1 aromatic rings. The van der Waals surface area contributed by atoms with Gasteiger partial charge in [0.1, 0.15) is 0 Å². The first-order chi connectivity index (χ1) is 8.33. The summed E-state index contributed by atoms with van der Waals surface area (Å²) in [6, 6.07) is 8.72. The normalized spacial score (nSPS) is 14.9. The second-order valence-electron chi connectivity index (χ2n) is 5.09. The molecule has 0 radical (unpaired) electrons. The predicted octanol–water partition coefficient (Wildman–Crippen LogP) is 3.16. The molecular weight excluding hydrogens is 208 g/mol. The Labute approximate surface area is 105 Å². The fourth-order valence-electron chi connectivity index (χ4n) is 2.23. The number of hydrogen-bond acceptors (Lipinski definition) is 2. The number of benzene rings is 1. The van der Waals surface area contributed by atoms with Crippen molar-refractivity contribution in [3.05, 3.63) is 29.8 Å². The van der Waals surface area contributed by atoms with Gasteiger partial charge in [-0.1, -0.05) is 31.9 Å². The molecule has 0 aliphatic heterocycles. The van der Waals surface area contributed by atoms with Crippen molar-refractivity contribution in [2.24, 2.45) is 11.7 Å². The third-order valence-corrected chi connectivity index (χ3v) is 3.53. The van der Waals surface area contributed by atoms with Gasteiger partial charge in [0.05, 0.1) is 0 Å². The van der Waals surface area contributed by atoms with Gasteiger partial charge in [-0.3, -0.25) is 0 Å². The second-order valence-corrected chi connectivity index (χ2v) is 5.09. The number of nitrogens with two attached hydrogens (primary N) is 1. The van der Waals surface area contributed by atoms with E-state index >= 15 is 0 Å². The molecule has 1 aliphatic rings. The zero-order valence-electron chi connectivity index (χ0n) is 10.9. The third kappa shape index (κ3) is 3.74. The van der Waals surface area contributed by atoms with Crippen molar-refractivity contribution in [1.29, 1.82) is 0 Å². The van der Waals surface area contributed by atoms with Gasteiger partial charge in [0.25, 0.3) is 0 Å². The van der Waals surface area contributed by atoms with Gasteiger partial charge >= 0.3 is 0 Å². The van der Waals surface area contributed by atoms with Crippen molar-refractivity contribution in [1.82, 2.24) is 0 Å². The van der Waals surface area contributed by atoms with Crippen LogP contribution in [-0.2, 0) is 6.54 Å². The zero-order chi connectivity index (χ0) is 12.1. The van der Waals surface area contributed by atoms with Crippen LogP contribution in [0.15, 0.2) is 24.3 Å². The topological polar surface area (TPSA) is 29.3 Å². The standard InChI is InChI=1S/C15H24N2/c1-2-10-17(11-9-13-3-4-13)15-7-5-14(12-16)6-8-15/h5-8,13H,2-4,9-12,16H2,1H3. The molecule has 0 atom stereocenters. The van der Waals surface area contributed by atoms with Crippen LogP contribution in [-0.4, -0.2) is 13.1 Å². The van der Waals surface area contributed by atoms with Crippen molar-refractivity contribution < 1.29 is 0 Å². The second kappa shape index (κ2) is 6.06. The quantitative estimate of drug-likeness (QED) is 0.782. The van der Waals surface area contributed by atoms with Crippen LogP contribution in [0.2, 0.25) is 0 Å². The first kappa shape index (κ1) is 12.4. The van der Waals surface area contributed by atoms with Gasteiger partial charge in [-0.25, -0.2) is 0 Å². The Morgan fingerprint density at radius 1 is 1.18 bits per heavy atom. The van der Waals surface area contributed by atoms with E-state index in [1.807, 2.05) is 0 Å². The monoisotopic (exact) mass is 232 g/mol. The van der Waals surface area contributed by atoms with E-state index in [1.165, 1.54) is 43.5 Å². The van der Waals surface area contributed by atoms with E-state index in [0.29, 0.717) is 6.54 Å². The van der Waals surface area contributed by atoms with Crippen LogP contribution < -0.4 is 10.6 Å². The Kier molecular flexibility index (Phi) is 4.43. The minimum absolute atomic E-state index is 0.635. The smallest absolute Gasteiger partial charge is 0.0366 e. The average molecular weight is 232 g/mol. The Hall–Kier alpha value is -1.02. The van der Waals surface area contributed by atoms with Crippen LogP contribution in [0.25, 0.3) is 0 Å². The summed E-state index contributed by atoms with van der Waals surface area (Å²) in [4.78, 5) is 2.51. The summed E-state index contributed by atoms with van der Waals surface area (Å²) < 4.78 is 0. The van der Waals surface area contributed by atoms with Crippen molar-refractivity contribution in [2.45, 2.75) is 39.2 Å². The van der Waals surface area contributed by atoms with E-state index in [2.05, 4.69) is 36.1 Å². The van der Waals surface area contributed by atoms with Gasteiger partial charge in [-0.15, -0.1) is 0 Å². The highest BCUT2D eigenvalue weighted by atomic mass is 15.1. The van der Waals surface area contributed by atoms with Crippen LogP contribution in [0, 0.1) is 5.92 Å². The molecule has 0 aromatic heterocycles. The average Bonchev–Trinajstić information content (AvgIpc) is 3.19. The molecule has 0 amide bonds. The molecule has 1 aliphatic carbocycles. The fraction of sp³-hybridized carbons (Fsp3) is 0.600. The highest BCUT2D eigenvalue weighted by Gasteiger charge is 2.21. The molecule has 1 saturated carbocycles. The minimum atomic E-state index is 0.635. The largest absolute Gasteiger partial charge is 0.372 e. The first-order valence-corrected chi connectivity index (χ1v) is 6.87. The molecule has 2 nitrogen and oxygen atoms in total. The lowest BCUT2D eigenvalue weighted by atomic mass is 10.1. The highest BCUT2D eigenvalue weighted by molar-refractivity contribution is 5.47. The number of rotatable bonds is 7. The van der Waals surface area contributed by atoms with Crippen LogP contribution in [0.3, 0.4) is 0 Å². The number of nitrogens with zero attached hydrogens (tertiary/aromatic N) is 1. The summed E-state index contributed by atoms with van der Waals surface area (Å²) in [6.07, 6.45) is 5.47. The molecule has 2 heteroatoms. The van der Waals surface area contributed by atoms with Gasteiger partial charge in [-0.05, 0) is 36.5 Å². The van der Waals surface area contributed by atoms with Gasteiger partial charge in [0.2, 0.25) is 0 Å². The Balaban J connectivity index is 1.96. The number of hydrogen-bond donors (Lipinski definition) is 1. The zero-order valence-corrected chi connectivity index (χ0v) is 10.9. The Bertz CT molecular complexity index is 327. The van der Waals surface area contributed by atoms with E-state index in [4.69, 9.17) is 5.73 Å². The maximum Gasteiger partial charge on any atom is 0.0366 e. The summed E-state index contributed by atoms with van der Waals surface area (Å²) in [5.74, 6) is 1.01. The van der Waals surface area contributed by atoms with Gasteiger partial charge in [0, 0.05) is 25.3 Å². The number of anilines is 1. The molecule has 17 heavy (non-hydrogen) atoms. The van der Waals surface area contributed by atoms with E-state index in [1.54, 1.807) is 0 Å². The van der Waals surface area contributed by atoms with E-state index in [0.717, 1.165) is 12.5 Å². The predicted molar refractivity (Wildman–Crippen MR) is 74.2 cm³/mol. The van der Waals surface area contributed by atoms with Gasteiger partial charge < -0.3 is 10.6 Å². The third-order valence-electron chi connectivity index (χ3n) is 3.53. The summed E-state index contributed by atoms with van der Waals surface area (Å²) in [6.45, 7) is 5.25. The van der Waals surface area contributed by atoms with Crippen LogP contribution >= 0.6 is 0 Å². The minimum Gasteiger partial charge on any atom is -0.372 e. The lowest BCUT2D eigenvalue weighted by Crippen LogP contribution is -2.25. The van der Waals surface area contributed by atoms with Crippen LogP contribution in [0.1, 0.15) is 38.2 Å². The molecule has 0 bridgehead atoms. The molecule has 1 aromatic carbocycles. The molecule has 0 saturated heterocycles. The van der Waals surface area contributed by atoms with Gasteiger partial charge in [0.15, 0.2) is 0 Å². The lowest BCUT2D eigenvalue weighted by molar-refractivity contribution is 0.668. The lowest BCUT2D eigenvalue weighted by Gasteiger charge is -2.24. The van der Waals surface area contributed by atoms with Crippen molar-refractivity contribution in [2.75, 3.05) is 18.0 Å². The summed E-state index contributed by atoms with van der Waals surface area (Å²) >= 11 is 0. The summed E-state index contributed by atoms with van der Waals surface area (Å²) in [7, 11) is 0. The molecule has 0 heterocycles. The molecule has 94 valence electrons. The fourth-order valence-corrected chi connectivity index (χ4v) is 2.23. The van der Waals surface area contributed by atoms with Gasteiger partial charge in [-0.2, -0.15) is 0 Å². The Morgan fingerprint density at radius 2 is 1.88 bits per heavy atom. The maximum atomic E-state index is 5.63. The van der Waals surface area contributed by atoms with E-state index in [-0.39, 0.29) is 0 Å². The van der Waals surface area contributed by atoms with Crippen molar-refractivity contribution in [3.8, 4) is 0 Å². The van der Waals surface area contributed by atoms with Crippen LogP contribution in [0.5, 0.6) is 0 Å². The van der Waals surface area contributed by atoms with Crippen molar-refractivity contribution in [3.63, 3.8) is 0 Å². The van der Waals surface area contributed by atoms with Crippen LogP contribution in [0.4, 0.5) is 5.69 Å². The molecule has 1 fully saturated rings. The molecular formula is C15H24N2. The molecule has 2 N–H and O–H groups in total. The van der Waals surface area contributed by atoms with E-state index in [9.17, 15) is 0 Å².